The molecule has 19 heavy (non-hydrogen) atoms. The van der Waals surface area contributed by atoms with E-state index in [1.165, 1.54) is 35.1 Å². The number of phenolic OH excluding ortho intramolecular Hbond substituents is 1. The largest absolute Gasteiger partial charge is 0.508 e. The lowest BCUT2D eigenvalue weighted by Gasteiger charge is -2.15. The maximum absolute atomic E-state index is 9.61. The van der Waals surface area contributed by atoms with Crippen LogP contribution in [0.15, 0.2) is 48.5 Å². The normalized spacial score (nSPS) is 17.8. The molecule has 1 nitrogen and oxygen atoms in total. The van der Waals surface area contributed by atoms with Crippen molar-refractivity contribution in [2.75, 3.05) is 0 Å². The van der Waals surface area contributed by atoms with Gasteiger partial charge in [0.05, 0.1) is 0 Å². The molecule has 1 aliphatic rings. The van der Waals surface area contributed by atoms with Crippen LogP contribution in [0.1, 0.15) is 36.0 Å². The molecular formula is C18H18O. The number of phenols is 1. The molecule has 1 N–H and O–H groups in total. The molecule has 0 saturated carbocycles. The Morgan fingerprint density at radius 3 is 2.47 bits per heavy atom. The van der Waals surface area contributed by atoms with Crippen molar-refractivity contribution >= 4 is 11.6 Å². The second-order valence-corrected chi connectivity index (χ2v) is 5.13. The van der Waals surface area contributed by atoms with Gasteiger partial charge in [0.1, 0.15) is 5.75 Å². The molecule has 0 aliphatic heterocycles. The van der Waals surface area contributed by atoms with Crippen molar-refractivity contribution in [2.45, 2.75) is 25.7 Å². The molecule has 2 aromatic rings. The van der Waals surface area contributed by atoms with Crippen LogP contribution in [0.25, 0.3) is 11.6 Å². The zero-order valence-electron chi connectivity index (χ0n) is 11.0. The third-order valence-corrected chi connectivity index (χ3v) is 3.74. The van der Waals surface area contributed by atoms with Gasteiger partial charge in [-0.05, 0) is 60.1 Å². The SMILES string of the molecule is Oc1ccc2c(c1)CCCC/C(c1ccccc1)=C\2. The number of hydrogen-bond acceptors (Lipinski definition) is 1. The van der Waals surface area contributed by atoms with Gasteiger partial charge in [-0.2, -0.15) is 0 Å². The molecule has 0 fully saturated rings. The third-order valence-electron chi connectivity index (χ3n) is 3.74. The van der Waals surface area contributed by atoms with Gasteiger partial charge in [-0.1, -0.05) is 42.5 Å². The van der Waals surface area contributed by atoms with Crippen LogP contribution in [0, 0.1) is 0 Å². The van der Waals surface area contributed by atoms with Crippen molar-refractivity contribution in [3.8, 4) is 5.75 Å². The first-order chi connectivity index (χ1) is 9.33. The standard InChI is InChI=1S/C18H18O/c19-18-11-10-17-12-15(14-6-2-1-3-7-14)8-4-5-9-16(17)13-18/h1-3,6-7,10-13,19H,4-5,8-9H2/b15-12+. The highest BCUT2D eigenvalue weighted by atomic mass is 16.3. The van der Waals surface area contributed by atoms with E-state index in [0.717, 1.165) is 12.8 Å². The summed E-state index contributed by atoms with van der Waals surface area (Å²) in [6.45, 7) is 0. The maximum Gasteiger partial charge on any atom is 0.115 e. The van der Waals surface area contributed by atoms with Gasteiger partial charge in [-0.3, -0.25) is 0 Å². The first-order valence-electron chi connectivity index (χ1n) is 6.91. The monoisotopic (exact) mass is 250 g/mol. The highest BCUT2D eigenvalue weighted by Crippen LogP contribution is 2.30. The molecular weight excluding hydrogens is 232 g/mol. The summed E-state index contributed by atoms with van der Waals surface area (Å²) in [4.78, 5) is 0. The molecule has 2 aromatic carbocycles. The van der Waals surface area contributed by atoms with Gasteiger partial charge >= 0.3 is 0 Å². The zero-order chi connectivity index (χ0) is 13.1. The van der Waals surface area contributed by atoms with Gasteiger partial charge < -0.3 is 5.11 Å². The van der Waals surface area contributed by atoms with Crippen LogP contribution in [0.5, 0.6) is 5.75 Å². The van der Waals surface area contributed by atoms with E-state index in [4.69, 9.17) is 0 Å². The van der Waals surface area contributed by atoms with Crippen LogP contribution in [0.2, 0.25) is 0 Å². The predicted octanol–water partition coefficient (Wildman–Crippen LogP) is 4.66. The van der Waals surface area contributed by atoms with E-state index in [2.05, 4.69) is 36.4 Å². The highest BCUT2D eigenvalue weighted by molar-refractivity contribution is 5.82. The molecule has 0 radical (unpaired) electrons. The van der Waals surface area contributed by atoms with Crippen LogP contribution in [-0.2, 0) is 6.42 Å². The molecule has 0 aromatic heterocycles. The molecule has 0 heterocycles. The summed E-state index contributed by atoms with van der Waals surface area (Å²) in [5, 5.41) is 9.61. The van der Waals surface area contributed by atoms with Gasteiger partial charge in [-0.25, -0.2) is 0 Å². The Morgan fingerprint density at radius 2 is 1.63 bits per heavy atom. The minimum absolute atomic E-state index is 0.369. The lowest BCUT2D eigenvalue weighted by molar-refractivity contribution is 0.474. The lowest BCUT2D eigenvalue weighted by atomic mass is 9.91. The van der Waals surface area contributed by atoms with Crippen LogP contribution in [0.4, 0.5) is 0 Å². The summed E-state index contributed by atoms with van der Waals surface area (Å²) in [7, 11) is 0. The number of fused-ring (bicyclic) bond motifs is 1. The Kier molecular flexibility index (Phi) is 3.37. The maximum atomic E-state index is 9.61. The Hall–Kier alpha value is -2.02. The lowest BCUT2D eigenvalue weighted by Crippen LogP contribution is -1.96. The average molecular weight is 250 g/mol. The Labute approximate surface area is 114 Å². The zero-order valence-corrected chi connectivity index (χ0v) is 11.0. The molecule has 0 bridgehead atoms. The number of benzene rings is 2. The fourth-order valence-electron chi connectivity index (χ4n) is 2.72. The van der Waals surface area contributed by atoms with Crippen LogP contribution in [0.3, 0.4) is 0 Å². The number of hydrogen-bond donors (Lipinski definition) is 1. The molecule has 0 atom stereocenters. The summed E-state index contributed by atoms with van der Waals surface area (Å²) in [5.41, 5.74) is 5.21. The molecule has 1 heteroatoms. The van der Waals surface area contributed by atoms with Crippen molar-refractivity contribution in [1.29, 1.82) is 0 Å². The minimum Gasteiger partial charge on any atom is -0.508 e. The van der Waals surface area contributed by atoms with E-state index < -0.39 is 0 Å². The average Bonchev–Trinajstić information content (AvgIpc) is 2.42. The van der Waals surface area contributed by atoms with Crippen LogP contribution < -0.4 is 0 Å². The number of aromatic hydroxyl groups is 1. The summed E-state index contributed by atoms with van der Waals surface area (Å²) in [6.07, 6.45) is 6.85. The summed E-state index contributed by atoms with van der Waals surface area (Å²) in [5.74, 6) is 0.369. The Balaban J connectivity index is 2.06. The number of rotatable bonds is 1. The fraction of sp³-hybridized carbons (Fsp3) is 0.222. The second-order valence-electron chi connectivity index (χ2n) is 5.13. The van der Waals surface area contributed by atoms with Gasteiger partial charge in [-0.15, -0.1) is 0 Å². The van der Waals surface area contributed by atoms with Crippen molar-refractivity contribution < 1.29 is 5.11 Å². The van der Waals surface area contributed by atoms with Gasteiger partial charge in [0, 0.05) is 0 Å². The van der Waals surface area contributed by atoms with Crippen molar-refractivity contribution in [2.24, 2.45) is 0 Å². The molecule has 0 unspecified atom stereocenters. The summed E-state index contributed by atoms with van der Waals surface area (Å²) < 4.78 is 0. The van der Waals surface area contributed by atoms with E-state index >= 15 is 0 Å². The molecule has 96 valence electrons. The Bertz CT molecular complexity index is 596. The van der Waals surface area contributed by atoms with Crippen LogP contribution in [-0.4, -0.2) is 5.11 Å². The molecule has 0 spiro atoms. The van der Waals surface area contributed by atoms with Gasteiger partial charge in [0.2, 0.25) is 0 Å². The molecule has 1 aliphatic carbocycles. The predicted molar refractivity (Wildman–Crippen MR) is 80.0 cm³/mol. The quantitative estimate of drug-likeness (QED) is 0.780. The summed E-state index contributed by atoms with van der Waals surface area (Å²) in [6, 6.07) is 16.3. The first-order valence-corrected chi connectivity index (χ1v) is 6.91. The van der Waals surface area contributed by atoms with E-state index in [1.807, 2.05) is 12.1 Å². The number of aryl methyl sites for hydroxylation is 1. The summed E-state index contributed by atoms with van der Waals surface area (Å²) >= 11 is 0. The van der Waals surface area contributed by atoms with E-state index in [1.54, 1.807) is 6.07 Å². The van der Waals surface area contributed by atoms with Crippen LogP contribution >= 0.6 is 0 Å². The van der Waals surface area contributed by atoms with Gasteiger partial charge in [0.15, 0.2) is 0 Å². The van der Waals surface area contributed by atoms with Crippen molar-refractivity contribution in [3.63, 3.8) is 0 Å². The molecule has 0 saturated heterocycles. The smallest absolute Gasteiger partial charge is 0.115 e. The van der Waals surface area contributed by atoms with Crippen molar-refractivity contribution in [1.82, 2.24) is 0 Å². The highest BCUT2D eigenvalue weighted by Gasteiger charge is 2.09. The Morgan fingerprint density at radius 1 is 0.842 bits per heavy atom. The minimum atomic E-state index is 0.369. The molecule has 3 rings (SSSR count). The topological polar surface area (TPSA) is 20.2 Å². The molecule has 0 amide bonds. The van der Waals surface area contributed by atoms with E-state index in [0.29, 0.717) is 5.75 Å². The van der Waals surface area contributed by atoms with E-state index in [9.17, 15) is 5.11 Å². The van der Waals surface area contributed by atoms with E-state index in [-0.39, 0.29) is 0 Å². The van der Waals surface area contributed by atoms with Crippen molar-refractivity contribution in [3.05, 3.63) is 65.2 Å². The van der Waals surface area contributed by atoms with Gasteiger partial charge in [0.25, 0.3) is 0 Å². The fourth-order valence-corrected chi connectivity index (χ4v) is 2.72. The first kappa shape index (κ1) is 12.0. The number of allylic oxidation sites excluding steroid dienone is 1. The second kappa shape index (κ2) is 5.31. The third kappa shape index (κ3) is 2.70.